The van der Waals surface area contributed by atoms with Crippen LogP contribution in [-0.4, -0.2) is 26.6 Å². The van der Waals surface area contributed by atoms with Crippen LogP contribution < -0.4 is 5.32 Å². The van der Waals surface area contributed by atoms with Gasteiger partial charge in [0.1, 0.15) is 0 Å². The summed E-state index contributed by atoms with van der Waals surface area (Å²) in [7, 11) is 0. The number of rotatable bonds is 6. The van der Waals surface area contributed by atoms with Crippen molar-refractivity contribution in [1.29, 1.82) is 0 Å². The average molecular weight is 372 g/mol. The number of hydrogen-bond donors (Lipinski definition) is 1. The quantitative estimate of drug-likeness (QED) is 0.401. The molecule has 25 heavy (non-hydrogen) atoms. The number of nitro groups is 1. The molecule has 2 heterocycles. The molecule has 0 spiro atoms. The van der Waals surface area contributed by atoms with Crippen LogP contribution in [-0.2, 0) is 4.79 Å². The number of non-ortho nitro benzene ring substituents is 1. The van der Waals surface area contributed by atoms with E-state index in [4.69, 9.17) is 0 Å². The van der Waals surface area contributed by atoms with E-state index in [-0.39, 0.29) is 17.3 Å². The molecule has 0 radical (unpaired) electrons. The number of pyridine rings is 1. The molecule has 1 N–H and O–H groups in total. The third-order valence-corrected chi connectivity index (χ3v) is 4.81. The zero-order valence-electron chi connectivity index (χ0n) is 12.8. The van der Waals surface area contributed by atoms with Crippen LogP contribution in [0, 0.1) is 10.1 Å². The molecule has 0 atom stereocenters. The lowest BCUT2D eigenvalue weighted by Crippen LogP contribution is -2.13. The molecule has 0 aliphatic heterocycles. The first-order valence-corrected chi connectivity index (χ1v) is 9.02. The predicted octanol–water partition coefficient (Wildman–Crippen LogP) is 3.84. The number of aromatic nitrogens is 2. The Morgan fingerprint density at radius 1 is 1.24 bits per heavy atom. The zero-order valence-corrected chi connectivity index (χ0v) is 14.4. The zero-order chi connectivity index (χ0) is 17.6. The fraction of sp³-hybridized carbons (Fsp3) is 0.0625. The van der Waals surface area contributed by atoms with Crippen LogP contribution >= 0.6 is 23.1 Å². The van der Waals surface area contributed by atoms with Crippen molar-refractivity contribution < 1.29 is 9.72 Å². The van der Waals surface area contributed by atoms with E-state index >= 15 is 0 Å². The molecular formula is C16H12N4O3S2. The topological polar surface area (TPSA) is 98.0 Å². The van der Waals surface area contributed by atoms with Crippen molar-refractivity contribution in [3.8, 4) is 11.3 Å². The second-order valence-electron chi connectivity index (χ2n) is 4.85. The molecule has 7 nitrogen and oxygen atoms in total. The molecule has 126 valence electrons. The van der Waals surface area contributed by atoms with Gasteiger partial charge in [-0.15, -0.1) is 11.3 Å². The van der Waals surface area contributed by atoms with Crippen molar-refractivity contribution in [2.75, 3.05) is 11.1 Å². The summed E-state index contributed by atoms with van der Waals surface area (Å²) in [4.78, 5) is 30.7. The van der Waals surface area contributed by atoms with Gasteiger partial charge < -0.3 is 5.32 Å². The standard InChI is InChI=1S/C16H12N4O3S2/c21-14(10-24-15-3-1-2-8-17-15)19-16-18-13(9-25-16)11-4-6-12(7-5-11)20(22)23/h1-9H,10H2,(H,18,19,21). The van der Waals surface area contributed by atoms with Crippen LogP contribution in [0.25, 0.3) is 11.3 Å². The maximum atomic E-state index is 12.0. The van der Waals surface area contributed by atoms with Crippen molar-refractivity contribution in [1.82, 2.24) is 9.97 Å². The van der Waals surface area contributed by atoms with Gasteiger partial charge in [-0.2, -0.15) is 0 Å². The number of hydrogen-bond acceptors (Lipinski definition) is 7. The van der Waals surface area contributed by atoms with Crippen molar-refractivity contribution in [3.05, 3.63) is 64.2 Å². The molecule has 0 fully saturated rings. The molecule has 3 rings (SSSR count). The lowest BCUT2D eigenvalue weighted by atomic mass is 10.1. The first kappa shape index (κ1) is 17.1. The van der Waals surface area contributed by atoms with Crippen molar-refractivity contribution in [2.45, 2.75) is 5.03 Å². The van der Waals surface area contributed by atoms with Crippen LogP contribution in [0.15, 0.2) is 59.1 Å². The van der Waals surface area contributed by atoms with Gasteiger partial charge in [0.2, 0.25) is 5.91 Å². The molecule has 0 saturated heterocycles. The predicted molar refractivity (Wildman–Crippen MR) is 97.8 cm³/mol. The van der Waals surface area contributed by atoms with E-state index in [9.17, 15) is 14.9 Å². The first-order chi connectivity index (χ1) is 12.1. The molecule has 1 amide bonds. The Bertz CT molecular complexity index is 882. The maximum Gasteiger partial charge on any atom is 0.269 e. The first-order valence-electron chi connectivity index (χ1n) is 7.16. The van der Waals surface area contributed by atoms with E-state index in [1.165, 1.54) is 35.2 Å². The number of nitrogens with one attached hydrogen (secondary N) is 1. The van der Waals surface area contributed by atoms with Crippen molar-refractivity contribution in [2.24, 2.45) is 0 Å². The van der Waals surface area contributed by atoms with E-state index in [1.54, 1.807) is 23.7 Å². The molecule has 9 heteroatoms. The Balaban J connectivity index is 1.59. The number of thioether (sulfide) groups is 1. The summed E-state index contributed by atoms with van der Waals surface area (Å²) >= 11 is 2.65. The van der Waals surface area contributed by atoms with E-state index in [0.29, 0.717) is 10.8 Å². The van der Waals surface area contributed by atoms with Gasteiger partial charge in [-0.1, -0.05) is 17.8 Å². The number of carbonyl (C=O) groups excluding carboxylic acids is 1. The highest BCUT2D eigenvalue weighted by atomic mass is 32.2. The molecule has 2 aromatic heterocycles. The second kappa shape index (κ2) is 7.86. The maximum absolute atomic E-state index is 12.0. The summed E-state index contributed by atoms with van der Waals surface area (Å²) in [5, 5.41) is 16.5. The number of nitro benzene ring substituents is 1. The van der Waals surface area contributed by atoms with Gasteiger partial charge in [-0.25, -0.2) is 9.97 Å². The van der Waals surface area contributed by atoms with Crippen LogP contribution in [0.4, 0.5) is 10.8 Å². The smallest absolute Gasteiger partial charge is 0.269 e. The summed E-state index contributed by atoms with van der Waals surface area (Å²) in [6.07, 6.45) is 1.68. The van der Waals surface area contributed by atoms with Gasteiger partial charge in [0.25, 0.3) is 5.69 Å². The van der Waals surface area contributed by atoms with Crippen LogP contribution in [0.1, 0.15) is 0 Å². The van der Waals surface area contributed by atoms with E-state index in [1.807, 2.05) is 18.2 Å². The highest BCUT2D eigenvalue weighted by Crippen LogP contribution is 2.26. The molecule has 0 aliphatic rings. The van der Waals surface area contributed by atoms with Gasteiger partial charge in [-0.05, 0) is 24.3 Å². The minimum absolute atomic E-state index is 0.0269. The Hall–Kier alpha value is -2.78. The Morgan fingerprint density at radius 3 is 2.72 bits per heavy atom. The molecule has 0 saturated carbocycles. The Morgan fingerprint density at radius 2 is 2.04 bits per heavy atom. The third kappa shape index (κ3) is 4.61. The van der Waals surface area contributed by atoms with Gasteiger partial charge in [0.05, 0.1) is 21.4 Å². The summed E-state index contributed by atoms with van der Waals surface area (Å²) < 4.78 is 0. The van der Waals surface area contributed by atoms with E-state index < -0.39 is 4.92 Å². The largest absolute Gasteiger partial charge is 0.301 e. The van der Waals surface area contributed by atoms with Gasteiger partial charge >= 0.3 is 0 Å². The van der Waals surface area contributed by atoms with Crippen LogP contribution in [0.3, 0.4) is 0 Å². The highest BCUT2D eigenvalue weighted by molar-refractivity contribution is 7.99. The molecule has 3 aromatic rings. The van der Waals surface area contributed by atoms with Crippen molar-refractivity contribution >= 4 is 39.8 Å². The number of thiazole rings is 1. The molecule has 1 aromatic carbocycles. The van der Waals surface area contributed by atoms with Crippen LogP contribution in [0.5, 0.6) is 0 Å². The van der Waals surface area contributed by atoms with E-state index in [2.05, 4.69) is 15.3 Å². The average Bonchev–Trinajstić information content (AvgIpc) is 3.09. The number of carbonyl (C=O) groups is 1. The molecule has 0 unspecified atom stereocenters. The third-order valence-electron chi connectivity index (χ3n) is 3.11. The molecule has 0 bridgehead atoms. The van der Waals surface area contributed by atoms with Gasteiger partial charge in [0, 0.05) is 29.3 Å². The highest BCUT2D eigenvalue weighted by Gasteiger charge is 2.10. The lowest BCUT2D eigenvalue weighted by Gasteiger charge is -2.01. The minimum Gasteiger partial charge on any atom is -0.301 e. The van der Waals surface area contributed by atoms with Crippen LogP contribution in [0.2, 0.25) is 0 Å². The summed E-state index contributed by atoms with van der Waals surface area (Å²) in [6.45, 7) is 0. The minimum atomic E-state index is -0.449. The fourth-order valence-electron chi connectivity index (χ4n) is 1.94. The van der Waals surface area contributed by atoms with Crippen molar-refractivity contribution in [3.63, 3.8) is 0 Å². The number of anilines is 1. The Labute approximate surface area is 151 Å². The summed E-state index contributed by atoms with van der Waals surface area (Å²) in [5.41, 5.74) is 1.44. The lowest BCUT2D eigenvalue weighted by molar-refractivity contribution is -0.384. The summed E-state index contributed by atoms with van der Waals surface area (Å²) in [5.74, 6) is 0.0731. The summed E-state index contributed by atoms with van der Waals surface area (Å²) in [6, 6.07) is 11.6. The van der Waals surface area contributed by atoms with E-state index in [0.717, 1.165) is 10.6 Å². The number of nitrogens with zero attached hydrogens (tertiary/aromatic N) is 3. The normalized spacial score (nSPS) is 10.4. The second-order valence-corrected chi connectivity index (χ2v) is 6.70. The molecular weight excluding hydrogens is 360 g/mol. The SMILES string of the molecule is O=C(CSc1ccccn1)Nc1nc(-c2ccc([N+](=O)[O-])cc2)cs1. The molecule has 0 aliphatic carbocycles. The van der Waals surface area contributed by atoms with Gasteiger partial charge in [-0.3, -0.25) is 14.9 Å². The monoisotopic (exact) mass is 372 g/mol. The van der Waals surface area contributed by atoms with Gasteiger partial charge in [0.15, 0.2) is 5.13 Å². The number of benzene rings is 1. The fourth-order valence-corrected chi connectivity index (χ4v) is 3.34. The number of amides is 1. The Kier molecular flexibility index (Phi) is 5.36.